The van der Waals surface area contributed by atoms with Crippen molar-refractivity contribution in [2.24, 2.45) is 5.92 Å². The van der Waals surface area contributed by atoms with E-state index < -0.39 is 0 Å². The fraction of sp³-hybridized carbons (Fsp3) is 0.478. The van der Waals surface area contributed by atoms with Crippen LogP contribution < -0.4 is 10.5 Å². The van der Waals surface area contributed by atoms with Crippen molar-refractivity contribution in [2.75, 3.05) is 18.9 Å². The number of aromatic nitrogens is 3. The normalized spacial score (nSPS) is 19.5. The lowest BCUT2D eigenvalue weighted by Gasteiger charge is -2.26. The second kappa shape index (κ2) is 8.82. The maximum Gasteiger partial charge on any atom is 0.150 e. The summed E-state index contributed by atoms with van der Waals surface area (Å²) in [5, 5.41) is 9.45. The van der Waals surface area contributed by atoms with Gasteiger partial charge >= 0.3 is 0 Å². The third-order valence-corrected chi connectivity index (χ3v) is 5.95. The van der Waals surface area contributed by atoms with Crippen molar-refractivity contribution in [2.45, 2.75) is 51.4 Å². The standard InChI is InChI=1S/C23H30N4O2/c1-2-3-13-29-19-6-4-5-18(14-19)20-21-22(24)25-11-12-27(21)23(26-20)17-9-7-16(15-28)8-10-17/h4-6,11-12,14,16-17,28H,2-3,7-10,13,15H2,1H3,(H2,24,25)/t16-,17+. The van der Waals surface area contributed by atoms with E-state index in [1.807, 2.05) is 30.5 Å². The summed E-state index contributed by atoms with van der Waals surface area (Å²) in [5.41, 5.74) is 8.99. The Labute approximate surface area is 171 Å². The predicted molar refractivity (Wildman–Crippen MR) is 115 cm³/mol. The van der Waals surface area contributed by atoms with E-state index in [0.29, 0.717) is 24.3 Å². The van der Waals surface area contributed by atoms with Crippen LogP contribution >= 0.6 is 0 Å². The summed E-state index contributed by atoms with van der Waals surface area (Å²) >= 11 is 0. The first-order chi connectivity index (χ1) is 14.2. The molecule has 0 atom stereocenters. The maximum atomic E-state index is 9.45. The quantitative estimate of drug-likeness (QED) is 0.579. The lowest BCUT2D eigenvalue weighted by molar-refractivity contribution is 0.181. The van der Waals surface area contributed by atoms with Gasteiger partial charge in [-0.05, 0) is 50.2 Å². The Hall–Kier alpha value is -2.60. The Kier molecular flexibility index (Phi) is 6.00. The van der Waals surface area contributed by atoms with Crippen LogP contribution in [0.5, 0.6) is 5.75 Å². The van der Waals surface area contributed by atoms with Crippen LogP contribution in [0, 0.1) is 5.92 Å². The van der Waals surface area contributed by atoms with Crippen molar-refractivity contribution in [1.29, 1.82) is 0 Å². The number of unbranched alkanes of at least 4 members (excludes halogenated alkanes) is 1. The molecule has 3 aromatic rings. The average Bonchev–Trinajstić information content (AvgIpc) is 3.15. The fourth-order valence-corrected chi connectivity index (χ4v) is 4.25. The van der Waals surface area contributed by atoms with Crippen molar-refractivity contribution >= 4 is 11.3 Å². The van der Waals surface area contributed by atoms with Gasteiger partial charge in [-0.25, -0.2) is 9.97 Å². The van der Waals surface area contributed by atoms with Crippen molar-refractivity contribution < 1.29 is 9.84 Å². The number of imidazole rings is 1. The van der Waals surface area contributed by atoms with Crippen LogP contribution in [0.3, 0.4) is 0 Å². The monoisotopic (exact) mass is 394 g/mol. The van der Waals surface area contributed by atoms with E-state index in [2.05, 4.69) is 16.3 Å². The SMILES string of the molecule is CCCCOc1cccc(-c2nc([C@H]3CC[C@@H](CO)CC3)n3ccnc(N)c23)c1. The van der Waals surface area contributed by atoms with E-state index in [-0.39, 0.29) is 6.61 Å². The number of rotatable bonds is 7. The van der Waals surface area contributed by atoms with Gasteiger partial charge in [0.1, 0.15) is 28.6 Å². The van der Waals surface area contributed by atoms with E-state index in [4.69, 9.17) is 15.5 Å². The minimum absolute atomic E-state index is 0.280. The summed E-state index contributed by atoms with van der Waals surface area (Å²) in [6, 6.07) is 8.07. The molecular weight excluding hydrogens is 364 g/mol. The molecular formula is C23H30N4O2. The second-order valence-electron chi connectivity index (χ2n) is 7.98. The highest BCUT2D eigenvalue weighted by Crippen LogP contribution is 2.38. The van der Waals surface area contributed by atoms with Crippen molar-refractivity contribution in [3.8, 4) is 17.0 Å². The first-order valence-electron chi connectivity index (χ1n) is 10.7. The van der Waals surface area contributed by atoms with E-state index >= 15 is 0 Å². The molecule has 1 aliphatic carbocycles. The third-order valence-electron chi connectivity index (χ3n) is 5.95. The van der Waals surface area contributed by atoms with Crippen LogP contribution in [0.1, 0.15) is 57.2 Å². The number of aliphatic hydroxyl groups is 1. The molecule has 0 spiro atoms. The second-order valence-corrected chi connectivity index (χ2v) is 7.98. The fourth-order valence-electron chi connectivity index (χ4n) is 4.25. The summed E-state index contributed by atoms with van der Waals surface area (Å²) < 4.78 is 8.00. The van der Waals surface area contributed by atoms with Crippen molar-refractivity contribution in [3.05, 3.63) is 42.5 Å². The number of nitrogens with zero attached hydrogens (tertiary/aromatic N) is 3. The number of anilines is 1. The number of ether oxygens (including phenoxy) is 1. The van der Waals surface area contributed by atoms with Crippen LogP contribution in [0.25, 0.3) is 16.8 Å². The molecule has 0 saturated heterocycles. The molecule has 1 aromatic carbocycles. The summed E-state index contributed by atoms with van der Waals surface area (Å²) in [5.74, 6) is 3.16. The van der Waals surface area contributed by atoms with Crippen LogP contribution in [0.4, 0.5) is 5.82 Å². The lowest BCUT2D eigenvalue weighted by atomic mass is 9.82. The zero-order valence-electron chi connectivity index (χ0n) is 17.1. The van der Waals surface area contributed by atoms with Gasteiger partial charge in [0.15, 0.2) is 0 Å². The molecule has 1 saturated carbocycles. The Morgan fingerprint density at radius 3 is 2.83 bits per heavy atom. The van der Waals surface area contributed by atoms with Gasteiger partial charge in [-0.3, -0.25) is 4.40 Å². The van der Waals surface area contributed by atoms with Gasteiger partial charge in [-0.15, -0.1) is 0 Å². The molecule has 2 heterocycles. The Balaban J connectivity index is 1.71. The Morgan fingerprint density at radius 1 is 1.24 bits per heavy atom. The number of aliphatic hydroxyl groups excluding tert-OH is 1. The highest BCUT2D eigenvalue weighted by Gasteiger charge is 2.27. The van der Waals surface area contributed by atoms with E-state index in [1.54, 1.807) is 6.20 Å². The highest BCUT2D eigenvalue weighted by atomic mass is 16.5. The number of hydrogen-bond donors (Lipinski definition) is 2. The van der Waals surface area contributed by atoms with E-state index in [9.17, 15) is 5.11 Å². The topological polar surface area (TPSA) is 85.7 Å². The van der Waals surface area contributed by atoms with Gasteiger partial charge in [0.25, 0.3) is 0 Å². The van der Waals surface area contributed by atoms with E-state index in [0.717, 1.165) is 66.9 Å². The molecule has 4 rings (SSSR count). The first-order valence-corrected chi connectivity index (χ1v) is 10.7. The van der Waals surface area contributed by atoms with Crippen LogP contribution in [-0.2, 0) is 0 Å². The molecule has 1 aliphatic rings. The van der Waals surface area contributed by atoms with Gasteiger partial charge in [-0.1, -0.05) is 25.5 Å². The van der Waals surface area contributed by atoms with Gasteiger partial charge in [0.05, 0.1) is 6.61 Å². The smallest absolute Gasteiger partial charge is 0.150 e. The molecule has 154 valence electrons. The minimum Gasteiger partial charge on any atom is -0.494 e. The van der Waals surface area contributed by atoms with Gasteiger partial charge in [0.2, 0.25) is 0 Å². The maximum absolute atomic E-state index is 9.45. The van der Waals surface area contributed by atoms with Crippen LogP contribution in [0.2, 0.25) is 0 Å². The molecule has 6 heteroatoms. The summed E-state index contributed by atoms with van der Waals surface area (Å²) in [7, 11) is 0. The Morgan fingerprint density at radius 2 is 2.07 bits per heavy atom. The van der Waals surface area contributed by atoms with Gasteiger partial charge in [0, 0.05) is 30.5 Å². The number of hydrogen-bond acceptors (Lipinski definition) is 5. The number of fused-ring (bicyclic) bond motifs is 1. The average molecular weight is 395 g/mol. The first kappa shape index (κ1) is 19.7. The molecule has 6 nitrogen and oxygen atoms in total. The van der Waals surface area contributed by atoms with Gasteiger partial charge < -0.3 is 15.6 Å². The number of nitrogen functional groups attached to an aromatic ring is 1. The van der Waals surface area contributed by atoms with Crippen molar-refractivity contribution in [1.82, 2.24) is 14.4 Å². The molecule has 29 heavy (non-hydrogen) atoms. The third kappa shape index (κ3) is 4.08. The zero-order chi connectivity index (χ0) is 20.2. The molecule has 0 radical (unpaired) electrons. The number of nitrogens with two attached hydrogens (primary N) is 1. The largest absolute Gasteiger partial charge is 0.494 e. The molecule has 1 fully saturated rings. The molecule has 0 unspecified atom stereocenters. The minimum atomic E-state index is 0.280. The molecule has 0 bridgehead atoms. The highest BCUT2D eigenvalue weighted by molar-refractivity contribution is 5.85. The lowest BCUT2D eigenvalue weighted by Crippen LogP contribution is -2.17. The predicted octanol–water partition coefficient (Wildman–Crippen LogP) is 4.42. The molecule has 0 amide bonds. The van der Waals surface area contributed by atoms with E-state index in [1.165, 1.54) is 0 Å². The molecule has 2 aromatic heterocycles. The van der Waals surface area contributed by atoms with Gasteiger partial charge in [-0.2, -0.15) is 0 Å². The van der Waals surface area contributed by atoms with Crippen molar-refractivity contribution in [3.63, 3.8) is 0 Å². The summed E-state index contributed by atoms with van der Waals surface area (Å²) in [4.78, 5) is 9.37. The van der Waals surface area contributed by atoms with Crippen LogP contribution in [0.15, 0.2) is 36.7 Å². The summed E-state index contributed by atoms with van der Waals surface area (Å²) in [6.45, 7) is 3.15. The summed E-state index contributed by atoms with van der Waals surface area (Å²) in [6.07, 6.45) is 9.97. The molecule has 0 aliphatic heterocycles. The Bertz CT molecular complexity index is 961. The number of benzene rings is 1. The van der Waals surface area contributed by atoms with Crippen LogP contribution in [-0.4, -0.2) is 32.7 Å². The zero-order valence-corrected chi connectivity index (χ0v) is 17.1. The molecule has 3 N–H and O–H groups in total.